The monoisotopic (exact) mass is 465 g/mol. The van der Waals surface area contributed by atoms with E-state index in [1.165, 1.54) is 11.3 Å². The lowest BCUT2D eigenvalue weighted by atomic mass is 9.96. The van der Waals surface area contributed by atoms with Gasteiger partial charge in [-0.25, -0.2) is 0 Å². The summed E-state index contributed by atoms with van der Waals surface area (Å²) in [5.74, 6) is 0.865. The molecule has 2 heterocycles. The first-order valence-corrected chi connectivity index (χ1v) is 11.4. The Morgan fingerprint density at radius 1 is 1.19 bits per heavy atom. The summed E-state index contributed by atoms with van der Waals surface area (Å²) in [5, 5.41) is 5.71. The van der Waals surface area contributed by atoms with E-state index in [9.17, 15) is 9.59 Å². The molecule has 1 saturated heterocycles. The number of thiophene rings is 1. The molecular formula is C23H32ClN3O3S. The number of likely N-dealkylation sites (tertiary alicyclic amines) is 1. The molecule has 1 aromatic carbocycles. The number of benzene rings is 1. The second-order valence-corrected chi connectivity index (χ2v) is 8.87. The van der Waals surface area contributed by atoms with E-state index in [1.54, 1.807) is 36.3 Å². The lowest BCUT2D eigenvalue weighted by Crippen LogP contribution is -2.44. The third-order valence-corrected chi connectivity index (χ3v) is 6.51. The fourth-order valence-corrected chi connectivity index (χ4v) is 4.42. The van der Waals surface area contributed by atoms with E-state index in [0.29, 0.717) is 29.8 Å². The molecule has 0 spiro atoms. The molecule has 0 bridgehead atoms. The third-order valence-electron chi connectivity index (χ3n) is 5.62. The highest BCUT2D eigenvalue weighted by Crippen LogP contribution is 2.24. The molecule has 1 aliphatic heterocycles. The predicted octanol–water partition coefficient (Wildman–Crippen LogP) is 4.06. The molecule has 0 radical (unpaired) electrons. The van der Waals surface area contributed by atoms with Crippen molar-refractivity contribution in [3.8, 4) is 5.75 Å². The fraction of sp³-hybridized carbons (Fsp3) is 0.478. The highest BCUT2D eigenvalue weighted by molar-refractivity contribution is 7.14. The maximum atomic E-state index is 13.1. The Morgan fingerprint density at radius 2 is 1.87 bits per heavy atom. The van der Waals surface area contributed by atoms with Crippen molar-refractivity contribution in [3.05, 3.63) is 47.3 Å². The van der Waals surface area contributed by atoms with Gasteiger partial charge in [0.25, 0.3) is 5.91 Å². The smallest absolute Gasteiger partial charge is 0.259 e. The van der Waals surface area contributed by atoms with Crippen molar-refractivity contribution < 1.29 is 14.3 Å². The van der Waals surface area contributed by atoms with E-state index in [2.05, 4.69) is 24.1 Å². The molecule has 0 atom stereocenters. The van der Waals surface area contributed by atoms with Crippen LogP contribution < -0.4 is 15.0 Å². The van der Waals surface area contributed by atoms with Crippen LogP contribution in [0.25, 0.3) is 0 Å². The average Bonchev–Trinajstić information content (AvgIpc) is 3.30. The van der Waals surface area contributed by atoms with Crippen LogP contribution in [0.3, 0.4) is 0 Å². The molecule has 0 unspecified atom stereocenters. The number of hydrogen-bond acceptors (Lipinski definition) is 5. The van der Waals surface area contributed by atoms with Crippen LogP contribution in [0.2, 0.25) is 0 Å². The van der Waals surface area contributed by atoms with Gasteiger partial charge in [0.15, 0.2) is 0 Å². The quantitative estimate of drug-likeness (QED) is 0.638. The maximum absolute atomic E-state index is 13.1. The molecule has 6 nitrogen and oxygen atoms in total. The number of methoxy groups -OCH3 is 1. The van der Waals surface area contributed by atoms with E-state index in [-0.39, 0.29) is 30.8 Å². The topological polar surface area (TPSA) is 61.9 Å². The minimum absolute atomic E-state index is 0. The van der Waals surface area contributed by atoms with Gasteiger partial charge in [0.05, 0.1) is 12.1 Å². The minimum atomic E-state index is -0.194. The first-order valence-electron chi connectivity index (χ1n) is 10.5. The first-order chi connectivity index (χ1) is 14.5. The van der Waals surface area contributed by atoms with Crippen LogP contribution in [0.1, 0.15) is 37.0 Å². The Labute approximate surface area is 195 Å². The molecule has 170 valence electrons. The molecule has 1 aromatic heterocycles. The number of nitrogens with one attached hydrogen (secondary N) is 1. The van der Waals surface area contributed by atoms with Crippen LogP contribution in [0, 0.1) is 5.92 Å². The van der Waals surface area contributed by atoms with Crippen molar-refractivity contribution in [1.29, 1.82) is 0 Å². The van der Waals surface area contributed by atoms with Crippen molar-refractivity contribution in [2.45, 2.75) is 32.7 Å². The van der Waals surface area contributed by atoms with Gasteiger partial charge in [0.1, 0.15) is 12.3 Å². The van der Waals surface area contributed by atoms with Crippen molar-refractivity contribution in [2.24, 2.45) is 5.92 Å². The van der Waals surface area contributed by atoms with Crippen molar-refractivity contribution >= 4 is 40.6 Å². The summed E-state index contributed by atoms with van der Waals surface area (Å²) in [6.45, 7) is 7.28. The molecule has 2 aromatic rings. The lowest BCUT2D eigenvalue weighted by molar-refractivity contribution is -0.120. The maximum Gasteiger partial charge on any atom is 0.259 e. The van der Waals surface area contributed by atoms with Crippen LogP contribution in [-0.2, 0) is 4.79 Å². The number of ether oxygens (including phenoxy) is 1. The normalized spacial score (nSPS) is 14.7. The molecule has 8 heteroatoms. The Morgan fingerprint density at radius 3 is 2.42 bits per heavy atom. The summed E-state index contributed by atoms with van der Waals surface area (Å²) in [5.41, 5.74) is 0.526. The van der Waals surface area contributed by atoms with Gasteiger partial charge in [-0.1, -0.05) is 0 Å². The number of carbonyl (C=O) groups is 2. The number of amides is 2. The zero-order valence-electron chi connectivity index (χ0n) is 18.4. The number of rotatable bonds is 8. The molecule has 0 aliphatic carbocycles. The summed E-state index contributed by atoms with van der Waals surface area (Å²) < 4.78 is 5.17. The Balaban J connectivity index is 0.00000341. The SMILES string of the molecule is COc1ccc(C(=O)N(CC(=O)NCC2CCN(C(C)C)CC2)c2cccs2)cc1.Cl. The van der Waals surface area contributed by atoms with Crippen LogP contribution in [-0.4, -0.2) is 56.0 Å². The molecule has 0 saturated carbocycles. The van der Waals surface area contributed by atoms with Gasteiger partial charge >= 0.3 is 0 Å². The van der Waals surface area contributed by atoms with E-state index < -0.39 is 0 Å². The minimum Gasteiger partial charge on any atom is -0.497 e. The predicted molar refractivity (Wildman–Crippen MR) is 129 cm³/mol. The van der Waals surface area contributed by atoms with Crippen molar-refractivity contribution in [2.75, 3.05) is 38.2 Å². The Hall–Kier alpha value is -2.09. The van der Waals surface area contributed by atoms with E-state index >= 15 is 0 Å². The fourth-order valence-electron chi connectivity index (χ4n) is 3.69. The average molecular weight is 466 g/mol. The molecular weight excluding hydrogens is 434 g/mol. The second-order valence-electron chi connectivity index (χ2n) is 7.95. The van der Waals surface area contributed by atoms with Crippen LogP contribution >= 0.6 is 23.7 Å². The Kier molecular flexibility index (Phi) is 9.81. The van der Waals surface area contributed by atoms with Crippen LogP contribution in [0.4, 0.5) is 5.00 Å². The molecule has 1 N–H and O–H groups in total. The van der Waals surface area contributed by atoms with Gasteiger partial charge in [-0.15, -0.1) is 23.7 Å². The zero-order chi connectivity index (χ0) is 21.5. The van der Waals surface area contributed by atoms with E-state index in [0.717, 1.165) is 30.9 Å². The summed E-state index contributed by atoms with van der Waals surface area (Å²) in [6.07, 6.45) is 2.19. The van der Waals surface area contributed by atoms with Gasteiger partial charge in [-0.05, 0) is 87.5 Å². The summed E-state index contributed by atoms with van der Waals surface area (Å²) in [6, 6.07) is 11.3. The highest BCUT2D eigenvalue weighted by Gasteiger charge is 2.24. The third kappa shape index (κ3) is 6.95. The lowest BCUT2D eigenvalue weighted by Gasteiger charge is -2.34. The molecule has 3 rings (SSSR count). The number of carbonyl (C=O) groups excluding carboxylic acids is 2. The van der Waals surface area contributed by atoms with Crippen LogP contribution in [0.15, 0.2) is 41.8 Å². The first kappa shape index (κ1) is 25.2. The van der Waals surface area contributed by atoms with Crippen molar-refractivity contribution in [1.82, 2.24) is 10.2 Å². The van der Waals surface area contributed by atoms with Gasteiger partial charge in [-0.3, -0.25) is 14.5 Å². The Bertz CT molecular complexity index is 819. The van der Waals surface area contributed by atoms with Gasteiger partial charge in [0.2, 0.25) is 5.91 Å². The largest absolute Gasteiger partial charge is 0.497 e. The van der Waals surface area contributed by atoms with Gasteiger partial charge in [-0.2, -0.15) is 0 Å². The van der Waals surface area contributed by atoms with E-state index in [4.69, 9.17) is 4.74 Å². The number of halogens is 1. The highest BCUT2D eigenvalue weighted by atomic mass is 35.5. The number of nitrogens with zero attached hydrogens (tertiary/aromatic N) is 2. The second kappa shape index (κ2) is 12.1. The van der Waals surface area contributed by atoms with Gasteiger partial charge < -0.3 is 15.0 Å². The van der Waals surface area contributed by atoms with E-state index in [1.807, 2.05) is 17.5 Å². The number of piperidine rings is 1. The molecule has 1 fully saturated rings. The zero-order valence-corrected chi connectivity index (χ0v) is 20.0. The van der Waals surface area contributed by atoms with Crippen molar-refractivity contribution in [3.63, 3.8) is 0 Å². The molecule has 31 heavy (non-hydrogen) atoms. The standard InChI is InChI=1S/C23H31N3O3S.ClH/c1-17(2)25-12-10-18(11-13-25)15-24-21(27)16-26(22-5-4-14-30-22)23(28)19-6-8-20(29-3)9-7-19;/h4-9,14,17-18H,10-13,15-16H2,1-3H3,(H,24,27);1H. The summed E-state index contributed by atoms with van der Waals surface area (Å²) in [7, 11) is 1.59. The summed E-state index contributed by atoms with van der Waals surface area (Å²) >= 11 is 1.45. The van der Waals surface area contributed by atoms with Crippen LogP contribution in [0.5, 0.6) is 5.75 Å². The number of anilines is 1. The molecule has 2 amide bonds. The van der Waals surface area contributed by atoms with Gasteiger partial charge in [0, 0.05) is 18.2 Å². The summed E-state index contributed by atoms with van der Waals surface area (Å²) in [4.78, 5) is 29.8. The number of hydrogen-bond donors (Lipinski definition) is 1. The molecule has 1 aliphatic rings.